The summed E-state index contributed by atoms with van der Waals surface area (Å²) in [7, 11) is 4.20. The van der Waals surface area contributed by atoms with Crippen LogP contribution >= 0.6 is 0 Å². The first kappa shape index (κ1) is 15.1. The van der Waals surface area contributed by atoms with Crippen molar-refractivity contribution in [3.05, 3.63) is 23.8 Å². The van der Waals surface area contributed by atoms with Crippen LogP contribution in [-0.2, 0) is 6.42 Å². The number of nitrogens with zero attached hydrogens (tertiary/aromatic N) is 1. The summed E-state index contributed by atoms with van der Waals surface area (Å²) in [5, 5.41) is 6.99. The maximum absolute atomic E-state index is 5.80. The lowest BCUT2D eigenvalue weighted by Gasteiger charge is -2.25. The van der Waals surface area contributed by atoms with Gasteiger partial charge in [-0.25, -0.2) is 0 Å². The molecule has 2 rings (SSSR count). The van der Waals surface area contributed by atoms with E-state index < -0.39 is 0 Å². The van der Waals surface area contributed by atoms with E-state index in [0.717, 1.165) is 37.5 Å². The van der Waals surface area contributed by atoms with Crippen molar-refractivity contribution in [2.45, 2.75) is 32.4 Å². The Labute approximate surface area is 122 Å². The molecule has 20 heavy (non-hydrogen) atoms. The molecule has 0 bridgehead atoms. The minimum absolute atomic E-state index is 0.250. The molecule has 1 aliphatic rings. The predicted molar refractivity (Wildman–Crippen MR) is 84.7 cm³/mol. The van der Waals surface area contributed by atoms with Crippen LogP contribution in [0.5, 0.6) is 5.75 Å². The highest BCUT2D eigenvalue weighted by atomic mass is 16.5. The maximum Gasteiger partial charge on any atom is 0.142 e. The third-order valence-electron chi connectivity index (χ3n) is 3.55. The van der Waals surface area contributed by atoms with Crippen molar-refractivity contribution in [1.29, 1.82) is 0 Å². The van der Waals surface area contributed by atoms with Gasteiger partial charge < -0.3 is 20.3 Å². The van der Waals surface area contributed by atoms with E-state index in [1.165, 1.54) is 5.56 Å². The number of benzene rings is 1. The topological polar surface area (TPSA) is 36.5 Å². The van der Waals surface area contributed by atoms with Crippen molar-refractivity contribution in [3.63, 3.8) is 0 Å². The highest BCUT2D eigenvalue weighted by molar-refractivity contribution is 5.59. The molecule has 0 radical (unpaired) electrons. The third-order valence-corrected chi connectivity index (χ3v) is 3.55. The monoisotopic (exact) mass is 277 g/mol. The van der Waals surface area contributed by atoms with E-state index in [0.29, 0.717) is 6.04 Å². The number of hydrogen-bond donors (Lipinski definition) is 2. The van der Waals surface area contributed by atoms with Crippen LogP contribution in [0.25, 0.3) is 0 Å². The van der Waals surface area contributed by atoms with Crippen molar-refractivity contribution in [3.8, 4) is 5.75 Å². The van der Waals surface area contributed by atoms with Gasteiger partial charge in [-0.15, -0.1) is 0 Å². The maximum atomic E-state index is 5.80. The summed E-state index contributed by atoms with van der Waals surface area (Å²) in [6.07, 6.45) is 1.29. The molecule has 2 unspecified atom stereocenters. The van der Waals surface area contributed by atoms with Crippen LogP contribution in [0.2, 0.25) is 0 Å². The van der Waals surface area contributed by atoms with Gasteiger partial charge in [0, 0.05) is 19.1 Å². The van der Waals surface area contributed by atoms with Gasteiger partial charge in [0.15, 0.2) is 0 Å². The normalized spacial score (nSPS) is 19.1. The van der Waals surface area contributed by atoms with Crippen molar-refractivity contribution in [2.75, 3.05) is 39.0 Å². The number of fused-ring (bicyclic) bond motifs is 1. The van der Waals surface area contributed by atoms with E-state index in [9.17, 15) is 0 Å². The summed E-state index contributed by atoms with van der Waals surface area (Å²) in [6, 6.07) is 6.95. The Bertz CT molecular complexity index is 434. The standard InChI is InChI=1S/C16H27N3O/c1-12(17-7-8-19(3)4)9-14-5-6-16-15(10-14)18-11-13(2)20-16/h5-6,10,12-13,17-18H,7-9,11H2,1-4H3. The van der Waals surface area contributed by atoms with Gasteiger partial charge in [0.05, 0.1) is 12.2 Å². The molecular formula is C16H27N3O. The molecule has 1 aromatic carbocycles. The van der Waals surface area contributed by atoms with Gasteiger partial charge >= 0.3 is 0 Å². The van der Waals surface area contributed by atoms with Crippen LogP contribution in [0.1, 0.15) is 19.4 Å². The smallest absolute Gasteiger partial charge is 0.142 e. The van der Waals surface area contributed by atoms with E-state index >= 15 is 0 Å². The lowest BCUT2D eigenvalue weighted by atomic mass is 10.1. The third kappa shape index (κ3) is 4.39. The number of rotatable bonds is 6. The van der Waals surface area contributed by atoms with Crippen LogP contribution in [0.15, 0.2) is 18.2 Å². The highest BCUT2D eigenvalue weighted by Crippen LogP contribution is 2.30. The van der Waals surface area contributed by atoms with Gasteiger partial charge in [0.2, 0.25) is 0 Å². The van der Waals surface area contributed by atoms with Gasteiger partial charge in [0.25, 0.3) is 0 Å². The van der Waals surface area contributed by atoms with Gasteiger partial charge in [-0.3, -0.25) is 0 Å². The molecule has 1 heterocycles. The van der Waals surface area contributed by atoms with Crippen molar-refractivity contribution < 1.29 is 4.74 Å². The van der Waals surface area contributed by atoms with Crippen molar-refractivity contribution >= 4 is 5.69 Å². The SMILES string of the molecule is CC(Cc1ccc2c(c1)NCC(C)O2)NCCN(C)C. The Balaban J connectivity index is 1.87. The van der Waals surface area contributed by atoms with Gasteiger partial charge in [-0.1, -0.05) is 6.07 Å². The second kappa shape index (κ2) is 6.95. The van der Waals surface area contributed by atoms with E-state index in [1.54, 1.807) is 0 Å². The summed E-state index contributed by atoms with van der Waals surface area (Å²) in [4.78, 5) is 2.20. The number of hydrogen-bond acceptors (Lipinski definition) is 4. The van der Waals surface area contributed by atoms with Crippen LogP contribution in [-0.4, -0.2) is 50.8 Å². The average Bonchev–Trinajstić information content (AvgIpc) is 2.38. The zero-order valence-electron chi connectivity index (χ0n) is 13.1. The van der Waals surface area contributed by atoms with E-state index in [1.807, 2.05) is 0 Å². The first-order valence-electron chi connectivity index (χ1n) is 7.46. The second-order valence-electron chi connectivity index (χ2n) is 6.00. The Morgan fingerprint density at radius 1 is 1.45 bits per heavy atom. The Hall–Kier alpha value is -1.26. The Kier molecular flexibility index (Phi) is 5.26. The first-order valence-corrected chi connectivity index (χ1v) is 7.46. The molecule has 0 fully saturated rings. The average molecular weight is 277 g/mol. The van der Waals surface area contributed by atoms with Crippen LogP contribution in [0.4, 0.5) is 5.69 Å². The molecule has 0 saturated heterocycles. The lowest BCUT2D eigenvalue weighted by Crippen LogP contribution is -2.34. The number of anilines is 1. The molecule has 0 aromatic heterocycles. The molecule has 2 atom stereocenters. The van der Waals surface area contributed by atoms with Gasteiger partial charge in [0.1, 0.15) is 11.9 Å². The van der Waals surface area contributed by atoms with Crippen LogP contribution in [0.3, 0.4) is 0 Å². The molecule has 2 N–H and O–H groups in total. The minimum Gasteiger partial charge on any atom is -0.487 e. The Morgan fingerprint density at radius 2 is 2.25 bits per heavy atom. The number of ether oxygens (including phenoxy) is 1. The van der Waals surface area contributed by atoms with Crippen molar-refractivity contribution in [1.82, 2.24) is 10.2 Å². The van der Waals surface area contributed by atoms with Gasteiger partial charge in [-0.05, 0) is 52.1 Å². The zero-order chi connectivity index (χ0) is 14.5. The van der Waals surface area contributed by atoms with Crippen LogP contribution < -0.4 is 15.4 Å². The highest BCUT2D eigenvalue weighted by Gasteiger charge is 2.15. The molecule has 1 aliphatic heterocycles. The molecule has 0 spiro atoms. The molecule has 4 heteroatoms. The number of nitrogens with one attached hydrogen (secondary N) is 2. The summed E-state index contributed by atoms with van der Waals surface area (Å²) < 4.78 is 5.80. The zero-order valence-corrected chi connectivity index (χ0v) is 13.1. The summed E-state index contributed by atoms with van der Waals surface area (Å²) in [5.41, 5.74) is 2.47. The largest absolute Gasteiger partial charge is 0.487 e. The fraction of sp³-hybridized carbons (Fsp3) is 0.625. The first-order chi connectivity index (χ1) is 9.54. The van der Waals surface area contributed by atoms with E-state index in [-0.39, 0.29) is 6.10 Å². The van der Waals surface area contributed by atoms with E-state index in [2.05, 4.69) is 61.7 Å². The summed E-state index contributed by atoms with van der Waals surface area (Å²) in [6.45, 7) is 7.30. The quantitative estimate of drug-likeness (QED) is 0.833. The Morgan fingerprint density at radius 3 is 3.00 bits per heavy atom. The predicted octanol–water partition coefficient (Wildman–Crippen LogP) is 1.96. The fourth-order valence-corrected chi connectivity index (χ4v) is 2.42. The molecule has 4 nitrogen and oxygen atoms in total. The molecule has 0 aliphatic carbocycles. The summed E-state index contributed by atoms with van der Waals surface area (Å²) >= 11 is 0. The lowest BCUT2D eigenvalue weighted by molar-refractivity contribution is 0.226. The molecule has 112 valence electrons. The van der Waals surface area contributed by atoms with Gasteiger partial charge in [-0.2, -0.15) is 0 Å². The molecule has 0 amide bonds. The molecule has 0 saturated carbocycles. The number of likely N-dealkylation sites (N-methyl/N-ethyl adjacent to an activating group) is 1. The fourth-order valence-electron chi connectivity index (χ4n) is 2.42. The second-order valence-corrected chi connectivity index (χ2v) is 6.00. The van der Waals surface area contributed by atoms with Crippen LogP contribution in [0, 0.1) is 0 Å². The van der Waals surface area contributed by atoms with Crippen molar-refractivity contribution in [2.24, 2.45) is 0 Å². The molecular weight excluding hydrogens is 250 g/mol. The summed E-state index contributed by atoms with van der Waals surface area (Å²) in [5.74, 6) is 0.973. The molecule has 1 aromatic rings. The minimum atomic E-state index is 0.250. The van der Waals surface area contributed by atoms with E-state index in [4.69, 9.17) is 4.74 Å².